The van der Waals surface area contributed by atoms with Crippen LogP contribution in [0.2, 0.25) is 0 Å². The molecular formula is C12H14N2O4. The summed E-state index contributed by atoms with van der Waals surface area (Å²) in [6.45, 7) is 3.48. The molecule has 6 heteroatoms. The maximum atomic E-state index is 11.4. The number of nitrogens with zero attached hydrogens (tertiary/aromatic N) is 1. The summed E-state index contributed by atoms with van der Waals surface area (Å²) in [4.78, 5) is 26.0. The standard InChI is InChI=1S/C12H14N2O4/c1-2-6-18-12(17)14-10(7-11(15)16)9-4-3-5-13-8-9/h2-5,8,10H,1,6-7H2,(H,14,17)(H,15,16)/t10-/m0/s1. The Bertz CT molecular complexity index is 419. The van der Waals surface area contributed by atoms with Crippen molar-refractivity contribution in [1.82, 2.24) is 10.3 Å². The van der Waals surface area contributed by atoms with Gasteiger partial charge < -0.3 is 15.2 Å². The second-order valence-electron chi connectivity index (χ2n) is 3.47. The minimum Gasteiger partial charge on any atom is -0.481 e. The monoisotopic (exact) mass is 250 g/mol. The molecule has 0 fully saturated rings. The quantitative estimate of drug-likeness (QED) is 0.747. The summed E-state index contributed by atoms with van der Waals surface area (Å²) < 4.78 is 4.74. The number of carbonyl (C=O) groups is 2. The molecule has 0 aliphatic rings. The molecule has 0 bridgehead atoms. The van der Waals surface area contributed by atoms with Crippen molar-refractivity contribution < 1.29 is 19.4 Å². The summed E-state index contributed by atoms with van der Waals surface area (Å²) in [5.41, 5.74) is 0.607. The summed E-state index contributed by atoms with van der Waals surface area (Å²) in [6.07, 6.45) is 3.56. The van der Waals surface area contributed by atoms with E-state index < -0.39 is 18.1 Å². The molecule has 1 atom stereocenters. The second-order valence-corrected chi connectivity index (χ2v) is 3.47. The Hall–Kier alpha value is -2.37. The molecule has 0 aliphatic heterocycles. The molecule has 2 N–H and O–H groups in total. The molecule has 0 radical (unpaired) electrons. The zero-order valence-electron chi connectivity index (χ0n) is 9.70. The summed E-state index contributed by atoms with van der Waals surface area (Å²) >= 11 is 0. The van der Waals surface area contributed by atoms with E-state index in [1.807, 2.05) is 0 Å². The third kappa shape index (κ3) is 4.65. The lowest BCUT2D eigenvalue weighted by Gasteiger charge is -2.16. The van der Waals surface area contributed by atoms with Gasteiger partial charge in [0.05, 0.1) is 12.5 Å². The van der Waals surface area contributed by atoms with Crippen LogP contribution in [-0.2, 0) is 9.53 Å². The molecule has 0 unspecified atom stereocenters. The summed E-state index contributed by atoms with van der Waals surface area (Å²) in [6, 6.07) is 2.68. The van der Waals surface area contributed by atoms with Gasteiger partial charge in [-0.25, -0.2) is 4.79 Å². The molecule has 0 spiro atoms. The maximum absolute atomic E-state index is 11.4. The number of hydrogen-bond donors (Lipinski definition) is 2. The van der Waals surface area contributed by atoms with Crippen LogP contribution >= 0.6 is 0 Å². The number of nitrogens with one attached hydrogen (secondary N) is 1. The van der Waals surface area contributed by atoms with E-state index in [2.05, 4.69) is 16.9 Å². The lowest BCUT2D eigenvalue weighted by molar-refractivity contribution is -0.137. The maximum Gasteiger partial charge on any atom is 0.407 e. The molecule has 1 aromatic heterocycles. The highest BCUT2D eigenvalue weighted by Gasteiger charge is 2.18. The Morgan fingerprint density at radius 2 is 2.39 bits per heavy atom. The number of carbonyl (C=O) groups excluding carboxylic acids is 1. The van der Waals surface area contributed by atoms with Crippen LogP contribution in [0, 0.1) is 0 Å². The number of pyridine rings is 1. The number of aliphatic carboxylic acids is 1. The van der Waals surface area contributed by atoms with Crippen LogP contribution in [0.15, 0.2) is 37.2 Å². The number of aromatic nitrogens is 1. The van der Waals surface area contributed by atoms with Crippen LogP contribution in [-0.4, -0.2) is 28.8 Å². The van der Waals surface area contributed by atoms with Crippen molar-refractivity contribution in [2.45, 2.75) is 12.5 Å². The van der Waals surface area contributed by atoms with Crippen LogP contribution < -0.4 is 5.32 Å². The minimum absolute atomic E-state index is 0.0681. The van der Waals surface area contributed by atoms with Crippen LogP contribution in [0.4, 0.5) is 4.79 Å². The first kappa shape index (κ1) is 13.7. The van der Waals surface area contributed by atoms with E-state index in [-0.39, 0.29) is 13.0 Å². The SMILES string of the molecule is C=CCOC(=O)N[C@@H](CC(=O)O)c1cccnc1. The Morgan fingerprint density at radius 3 is 2.94 bits per heavy atom. The molecule has 96 valence electrons. The molecule has 1 amide bonds. The smallest absolute Gasteiger partial charge is 0.407 e. The summed E-state index contributed by atoms with van der Waals surface area (Å²) in [7, 11) is 0. The Morgan fingerprint density at radius 1 is 1.61 bits per heavy atom. The fourth-order valence-corrected chi connectivity index (χ4v) is 1.33. The van der Waals surface area contributed by atoms with E-state index in [9.17, 15) is 9.59 Å². The highest BCUT2D eigenvalue weighted by molar-refractivity contribution is 5.71. The van der Waals surface area contributed by atoms with Crippen molar-refractivity contribution in [1.29, 1.82) is 0 Å². The second kappa shape index (κ2) is 7.05. The summed E-state index contributed by atoms with van der Waals surface area (Å²) in [5, 5.41) is 11.3. The zero-order chi connectivity index (χ0) is 13.4. The Kier molecular flexibility index (Phi) is 5.37. The van der Waals surface area contributed by atoms with Crippen LogP contribution in [0.1, 0.15) is 18.0 Å². The van der Waals surface area contributed by atoms with E-state index in [1.165, 1.54) is 12.3 Å². The van der Waals surface area contributed by atoms with Gasteiger partial charge >= 0.3 is 12.1 Å². The van der Waals surface area contributed by atoms with Crippen molar-refractivity contribution in [2.24, 2.45) is 0 Å². The van der Waals surface area contributed by atoms with Gasteiger partial charge in [0.1, 0.15) is 6.61 Å². The largest absolute Gasteiger partial charge is 0.481 e. The number of amides is 1. The van der Waals surface area contributed by atoms with Crippen LogP contribution in [0.5, 0.6) is 0 Å². The summed E-state index contributed by atoms with van der Waals surface area (Å²) in [5.74, 6) is -1.02. The molecule has 0 saturated heterocycles. The van der Waals surface area contributed by atoms with Gasteiger partial charge in [0.15, 0.2) is 0 Å². The fraction of sp³-hybridized carbons (Fsp3) is 0.250. The minimum atomic E-state index is -1.02. The fourth-order valence-electron chi connectivity index (χ4n) is 1.33. The third-order valence-corrected chi connectivity index (χ3v) is 2.09. The molecule has 1 heterocycles. The molecule has 6 nitrogen and oxygen atoms in total. The number of carboxylic acids is 1. The van der Waals surface area contributed by atoms with Gasteiger partial charge in [-0.05, 0) is 11.6 Å². The van der Waals surface area contributed by atoms with Crippen molar-refractivity contribution in [3.05, 3.63) is 42.7 Å². The number of rotatable bonds is 6. The molecule has 1 rings (SSSR count). The Balaban J connectivity index is 2.70. The van der Waals surface area contributed by atoms with Crippen molar-refractivity contribution >= 4 is 12.1 Å². The normalized spacial score (nSPS) is 11.3. The molecule has 0 aliphatic carbocycles. The van der Waals surface area contributed by atoms with Crippen LogP contribution in [0.25, 0.3) is 0 Å². The van der Waals surface area contributed by atoms with Crippen molar-refractivity contribution in [2.75, 3.05) is 6.61 Å². The highest BCUT2D eigenvalue weighted by Crippen LogP contribution is 2.15. The lowest BCUT2D eigenvalue weighted by Crippen LogP contribution is -2.30. The topological polar surface area (TPSA) is 88.5 Å². The van der Waals surface area contributed by atoms with E-state index >= 15 is 0 Å². The first-order valence-electron chi connectivity index (χ1n) is 5.29. The van der Waals surface area contributed by atoms with E-state index in [0.717, 1.165) is 0 Å². The predicted molar refractivity (Wildman–Crippen MR) is 63.9 cm³/mol. The number of hydrogen-bond acceptors (Lipinski definition) is 4. The van der Waals surface area contributed by atoms with E-state index in [4.69, 9.17) is 9.84 Å². The van der Waals surface area contributed by atoms with Crippen molar-refractivity contribution in [3.63, 3.8) is 0 Å². The van der Waals surface area contributed by atoms with Gasteiger partial charge in [-0.2, -0.15) is 0 Å². The molecule has 18 heavy (non-hydrogen) atoms. The molecule has 1 aromatic rings. The molecule has 0 saturated carbocycles. The average molecular weight is 250 g/mol. The highest BCUT2D eigenvalue weighted by atomic mass is 16.5. The van der Waals surface area contributed by atoms with Gasteiger partial charge in [-0.15, -0.1) is 0 Å². The third-order valence-electron chi connectivity index (χ3n) is 2.09. The van der Waals surface area contributed by atoms with Crippen molar-refractivity contribution in [3.8, 4) is 0 Å². The zero-order valence-corrected chi connectivity index (χ0v) is 9.70. The van der Waals surface area contributed by atoms with Crippen LogP contribution in [0.3, 0.4) is 0 Å². The Labute approximate surface area is 104 Å². The lowest BCUT2D eigenvalue weighted by atomic mass is 10.1. The number of alkyl carbamates (subject to hydrolysis) is 1. The van der Waals surface area contributed by atoms with Gasteiger partial charge in [0.25, 0.3) is 0 Å². The van der Waals surface area contributed by atoms with Gasteiger partial charge in [-0.3, -0.25) is 9.78 Å². The van der Waals surface area contributed by atoms with Gasteiger partial charge in [-0.1, -0.05) is 18.7 Å². The molecular weight excluding hydrogens is 236 g/mol. The number of carboxylic acid groups (broad SMARTS) is 1. The average Bonchev–Trinajstić information content (AvgIpc) is 2.36. The van der Waals surface area contributed by atoms with Gasteiger partial charge in [0.2, 0.25) is 0 Å². The number of ether oxygens (including phenoxy) is 1. The van der Waals surface area contributed by atoms with Gasteiger partial charge in [0, 0.05) is 12.4 Å². The predicted octanol–water partition coefficient (Wildman–Crippen LogP) is 1.51. The van der Waals surface area contributed by atoms with E-state index in [0.29, 0.717) is 5.56 Å². The molecule has 0 aromatic carbocycles. The first-order valence-corrected chi connectivity index (χ1v) is 5.29. The first-order chi connectivity index (χ1) is 8.63. The van der Waals surface area contributed by atoms with E-state index in [1.54, 1.807) is 18.3 Å².